The van der Waals surface area contributed by atoms with Crippen molar-refractivity contribution in [1.29, 1.82) is 0 Å². The Kier molecular flexibility index (Phi) is 14.2. The fraction of sp³-hybridized carbons (Fsp3) is 0.652. The van der Waals surface area contributed by atoms with Crippen LogP contribution in [0.5, 0.6) is 0 Å². The molecule has 0 aliphatic carbocycles. The van der Waals surface area contributed by atoms with Crippen molar-refractivity contribution in [2.45, 2.75) is 78.4 Å². The second kappa shape index (κ2) is 14.5. The lowest BCUT2D eigenvalue weighted by atomic mass is 10.0. The van der Waals surface area contributed by atoms with E-state index in [1.807, 2.05) is 0 Å². The van der Waals surface area contributed by atoms with Crippen molar-refractivity contribution in [3.8, 4) is 0 Å². The molecule has 0 aliphatic rings. The van der Waals surface area contributed by atoms with E-state index >= 15 is 0 Å². The van der Waals surface area contributed by atoms with Crippen LogP contribution < -0.4 is 0 Å². The average molecular weight is 515 g/mol. The molecule has 0 aromatic heterocycles. The SMILES string of the molecule is C=C(C)C(=O)OC(CC(C)C)C(F)(F)C(=O)O.C=C(C)C(=O)OC(CC(C)C)C(F)(F)C(=O)OC. The third kappa shape index (κ3) is 11.9. The highest BCUT2D eigenvalue weighted by molar-refractivity contribution is 5.88. The van der Waals surface area contributed by atoms with Crippen LogP contribution in [0.4, 0.5) is 17.6 Å². The Balaban J connectivity index is 0. The first-order valence-corrected chi connectivity index (χ1v) is 10.5. The molecule has 1 N–H and O–H groups in total. The van der Waals surface area contributed by atoms with Crippen molar-refractivity contribution < 1.29 is 56.1 Å². The Morgan fingerprint density at radius 3 is 1.31 bits per heavy atom. The molecule has 0 heterocycles. The molecule has 0 fully saturated rings. The van der Waals surface area contributed by atoms with Crippen LogP contribution in [0.15, 0.2) is 24.3 Å². The van der Waals surface area contributed by atoms with Gasteiger partial charge in [-0.05, 0) is 38.5 Å². The van der Waals surface area contributed by atoms with E-state index in [4.69, 9.17) is 5.11 Å². The van der Waals surface area contributed by atoms with E-state index in [0.29, 0.717) is 0 Å². The van der Waals surface area contributed by atoms with Crippen LogP contribution in [-0.2, 0) is 33.4 Å². The standard InChI is InChI=1S/C12H18F2O4.C11H16F2O4/c1-7(2)6-9(18-10(15)8(3)4)12(13,14)11(16)17-5;1-6(2)5-8(11(12,13)10(15)16)17-9(14)7(3)4/h7,9H,3,6H2,1-2,4-5H3;6,8H,3,5H2,1-2,4H3,(H,15,16). The predicted octanol–water partition coefficient (Wildman–Crippen LogP) is 4.57. The number of carbonyl (C=O) groups excluding carboxylic acids is 3. The van der Waals surface area contributed by atoms with Gasteiger partial charge in [0.1, 0.15) is 0 Å². The molecule has 0 bridgehead atoms. The molecule has 0 rings (SSSR count). The number of rotatable bonds is 12. The lowest BCUT2D eigenvalue weighted by Crippen LogP contribution is -2.45. The second-order valence-corrected chi connectivity index (χ2v) is 8.65. The number of alkyl halides is 4. The minimum absolute atomic E-state index is 0.00979. The van der Waals surface area contributed by atoms with Crippen LogP contribution in [0.25, 0.3) is 0 Å². The number of aliphatic carboxylic acids is 1. The monoisotopic (exact) mass is 514 g/mol. The molecule has 0 radical (unpaired) electrons. The van der Waals surface area contributed by atoms with E-state index in [0.717, 1.165) is 7.11 Å². The highest BCUT2D eigenvalue weighted by Crippen LogP contribution is 2.29. The number of ether oxygens (including phenoxy) is 3. The fourth-order valence-corrected chi connectivity index (χ4v) is 2.26. The van der Waals surface area contributed by atoms with Crippen LogP contribution in [-0.4, -0.2) is 60.1 Å². The van der Waals surface area contributed by atoms with Crippen LogP contribution in [0.2, 0.25) is 0 Å². The highest BCUT2D eigenvalue weighted by atomic mass is 19.3. The maximum Gasteiger partial charge on any atom is 0.380 e. The molecule has 35 heavy (non-hydrogen) atoms. The van der Waals surface area contributed by atoms with Gasteiger partial charge in [0.05, 0.1) is 7.11 Å². The molecule has 0 aromatic rings. The van der Waals surface area contributed by atoms with E-state index in [9.17, 15) is 36.7 Å². The van der Waals surface area contributed by atoms with E-state index < -0.39 is 47.9 Å². The molecule has 0 amide bonds. The van der Waals surface area contributed by atoms with E-state index in [2.05, 4.69) is 27.4 Å². The predicted molar refractivity (Wildman–Crippen MR) is 118 cm³/mol. The number of carboxylic acids is 1. The Hall–Kier alpha value is -2.92. The zero-order chi connectivity index (χ0) is 28.3. The molecule has 0 aliphatic heterocycles. The lowest BCUT2D eigenvalue weighted by Gasteiger charge is -2.26. The molecule has 0 spiro atoms. The van der Waals surface area contributed by atoms with Gasteiger partial charge in [-0.1, -0.05) is 40.9 Å². The first kappa shape index (κ1) is 34.2. The molecular formula is C23H34F4O8. The van der Waals surface area contributed by atoms with Crippen molar-refractivity contribution >= 4 is 23.9 Å². The third-order valence-electron chi connectivity index (χ3n) is 4.12. The average Bonchev–Trinajstić information content (AvgIpc) is 2.71. The van der Waals surface area contributed by atoms with Crippen molar-refractivity contribution in [3.63, 3.8) is 0 Å². The van der Waals surface area contributed by atoms with Gasteiger partial charge in [0.2, 0.25) is 0 Å². The van der Waals surface area contributed by atoms with Gasteiger partial charge in [0, 0.05) is 11.1 Å². The summed E-state index contributed by atoms with van der Waals surface area (Å²) in [6.07, 6.45) is -4.22. The van der Waals surface area contributed by atoms with Crippen LogP contribution in [0.3, 0.4) is 0 Å². The maximum absolute atomic E-state index is 13.7. The summed E-state index contributed by atoms with van der Waals surface area (Å²) >= 11 is 0. The summed E-state index contributed by atoms with van der Waals surface area (Å²) in [5.41, 5.74) is -0.0654. The van der Waals surface area contributed by atoms with Crippen LogP contribution in [0.1, 0.15) is 54.4 Å². The van der Waals surface area contributed by atoms with Gasteiger partial charge in [-0.15, -0.1) is 0 Å². The molecule has 0 saturated carbocycles. The third-order valence-corrected chi connectivity index (χ3v) is 4.12. The summed E-state index contributed by atoms with van der Waals surface area (Å²) in [5.74, 6) is -14.4. The Morgan fingerprint density at radius 1 is 0.771 bits per heavy atom. The largest absolute Gasteiger partial charge is 0.477 e. The zero-order valence-electron chi connectivity index (χ0n) is 21.0. The topological polar surface area (TPSA) is 116 Å². The van der Waals surface area contributed by atoms with E-state index in [-0.39, 0.29) is 35.8 Å². The first-order chi connectivity index (χ1) is 15.7. The Labute approximate surface area is 202 Å². The summed E-state index contributed by atoms with van der Waals surface area (Å²) < 4.78 is 67.1. The van der Waals surface area contributed by atoms with Crippen LogP contribution >= 0.6 is 0 Å². The number of carbonyl (C=O) groups is 4. The number of esters is 3. The summed E-state index contributed by atoms with van der Waals surface area (Å²) in [4.78, 5) is 43.9. The van der Waals surface area contributed by atoms with Crippen molar-refractivity contribution in [3.05, 3.63) is 24.3 Å². The minimum atomic E-state index is -4.10. The van der Waals surface area contributed by atoms with Gasteiger partial charge in [0.25, 0.3) is 0 Å². The van der Waals surface area contributed by atoms with E-state index in [1.54, 1.807) is 27.7 Å². The minimum Gasteiger partial charge on any atom is -0.477 e. The first-order valence-electron chi connectivity index (χ1n) is 10.5. The quantitative estimate of drug-likeness (QED) is 0.174. The fourth-order valence-electron chi connectivity index (χ4n) is 2.26. The normalized spacial score (nSPS) is 13.2. The van der Waals surface area contributed by atoms with Gasteiger partial charge in [-0.25, -0.2) is 19.2 Å². The van der Waals surface area contributed by atoms with Gasteiger partial charge in [0.15, 0.2) is 12.2 Å². The van der Waals surface area contributed by atoms with Crippen molar-refractivity contribution in [2.24, 2.45) is 11.8 Å². The lowest BCUT2D eigenvalue weighted by molar-refractivity contribution is -0.196. The molecule has 0 aromatic carbocycles. The molecule has 202 valence electrons. The summed E-state index contributed by atoms with van der Waals surface area (Å²) in [7, 11) is 0.850. The molecular weight excluding hydrogens is 480 g/mol. The number of methoxy groups -OCH3 is 1. The number of halogens is 4. The molecule has 2 unspecified atom stereocenters. The summed E-state index contributed by atoms with van der Waals surface area (Å²) in [6.45, 7) is 15.8. The van der Waals surface area contributed by atoms with Crippen molar-refractivity contribution in [2.75, 3.05) is 7.11 Å². The van der Waals surface area contributed by atoms with E-state index in [1.165, 1.54) is 13.8 Å². The molecule has 0 saturated heterocycles. The highest BCUT2D eigenvalue weighted by Gasteiger charge is 2.51. The number of carboxylic acid groups (broad SMARTS) is 1. The molecule has 8 nitrogen and oxygen atoms in total. The summed E-state index contributed by atoms with van der Waals surface area (Å²) in [6, 6.07) is 0. The summed E-state index contributed by atoms with van der Waals surface area (Å²) in [5, 5.41) is 8.41. The van der Waals surface area contributed by atoms with Crippen LogP contribution in [0, 0.1) is 11.8 Å². The van der Waals surface area contributed by atoms with Gasteiger partial charge in [-0.2, -0.15) is 17.6 Å². The Morgan fingerprint density at radius 2 is 1.09 bits per heavy atom. The Bertz CT molecular complexity index is 790. The molecule has 12 heteroatoms. The van der Waals surface area contributed by atoms with Gasteiger partial charge >= 0.3 is 35.7 Å². The second-order valence-electron chi connectivity index (χ2n) is 8.65. The van der Waals surface area contributed by atoms with Gasteiger partial charge in [-0.3, -0.25) is 0 Å². The zero-order valence-corrected chi connectivity index (χ0v) is 21.0. The number of hydrogen-bond donors (Lipinski definition) is 1. The van der Waals surface area contributed by atoms with Crippen molar-refractivity contribution in [1.82, 2.24) is 0 Å². The molecule has 2 atom stereocenters. The smallest absolute Gasteiger partial charge is 0.380 e. The maximum atomic E-state index is 13.7. The number of hydrogen-bond acceptors (Lipinski definition) is 7. The van der Waals surface area contributed by atoms with Gasteiger partial charge < -0.3 is 19.3 Å².